The molecule has 3 rings (SSSR count). The average Bonchev–Trinajstić information content (AvgIpc) is 3.35. The third kappa shape index (κ3) is 4.50. The molecule has 26 heavy (non-hydrogen) atoms. The number of hydrogen-bond acceptors (Lipinski definition) is 3. The van der Waals surface area contributed by atoms with Crippen LogP contribution in [0.2, 0.25) is 0 Å². The first-order chi connectivity index (χ1) is 12.7. The molecule has 144 valence electrons. The van der Waals surface area contributed by atoms with Gasteiger partial charge in [-0.25, -0.2) is 4.79 Å². The van der Waals surface area contributed by atoms with Gasteiger partial charge in [0.25, 0.3) is 0 Å². The number of aliphatic hydroxyl groups is 1. The summed E-state index contributed by atoms with van der Waals surface area (Å²) in [6, 6.07) is 7.74. The summed E-state index contributed by atoms with van der Waals surface area (Å²) in [6.07, 6.45) is 8.59. The monoisotopic (exact) mass is 360 g/mol. The van der Waals surface area contributed by atoms with E-state index in [1.54, 1.807) is 12.0 Å². The quantitative estimate of drug-likeness (QED) is 0.745. The Morgan fingerprint density at radius 1 is 1.31 bits per heavy atom. The summed E-state index contributed by atoms with van der Waals surface area (Å²) >= 11 is 0. The van der Waals surface area contributed by atoms with Crippen LogP contribution in [-0.4, -0.2) is 42.8 Å². The van der Waals surface area contributed by atoms with E-state index in [0.29, 0.717) is 30.8 Å². The lowest BCUT2D eigenvalue weighted by atomic mass is 9.84. The molecule has 1 unspecified atom stereocenters. The van der Waals surface area contributed by atoms with E-state index in [9.17, 15) is 9.90 Å². The third-order valence-corrected chi connectivity index (χ3v) is 6.13. The normalized spacial score (nSPS) is 20.6. The summed E-state index contributed by atoms with van der Waals surface area (Å²) in [5.74, 6) is 1.44. The molecule has 0 radical (unpaired) electrons. The van der Waals surface area contributed by atoms with Crippen molar-refractivity contribution in [1.82, 2.24) is 10.2 Å². The lowest BCUT2D eigenvalue weighted by Gasteiger charge is -2.25. The van der Waals surface area contributed by atoms with Gasteiger partial charge in [-0.15, -0.1) is 0 Å². The van der Waals surface area contributed by atoms with E-state index < -0.39 is 0 Å². The molecule has 1 spiro atoms. The molecule has 5 heteroatoms. The van der Waals surface area contributed by atoms with E-state index in [1.807, 2.05) is 24.3 Å². The molecule has 1 aromatic carbocycles. The van der Waals surface area contributed by atoms with Gasteiger partial charge < -0.3 is 20.1 Å². The third-order valence-electron chi connectivity index (χ3n) is 6.13. The van der Waals surface area contributed by atoms with E-state index in [4.69, 9.17) is 4.74 Å². The van der Waals surface area contributed by atoms with Crippen molar-refractivity contribution in [2.45, 2.75) is 51.5 Å². The number of urea groups is 1. The number of benzene rings is 1. The standard InChI is InChI=1S/C21H32N2O3/c1-26-19-9-4-3-8-17(19)16-23(12-7-13-24)20(25)22-15-18-14-21(18)10-5-2-6-11-21/h3-4,8-9,18,24H,2,5-7,10-16H2,1H3,(H,22,25). The van der Waals surface area contributed by atoms with E-state index in [0.717, 1.165) is 17.9 Å². The maximum absolute atomic E-state index is 12.7. The van der Waals surface area contributed by atoms with Crippen LogP contribution in [0.3, 0.4) is 0 Å². The van der Waals surface area contributed by atoms with Crippen LogP contribution >= 0.6 is 0 Å². The highest BCUT2D eigenvalue weighted by Crippen LogP contribution is 2.60. The van der Waals surface area contributed by atoms with Crippen LogP contribution in [0.25, 0.3) is 0 Å². The molecule has 2 amide bonds. The molecular weight excluding hydrogens is 328 g/mol. The van der Waals surface area contributed by atoms with Crippen LogP contribution in [0, 0.1) is 11.3 Å². The number of amides is 2. The summed E-state index contributed by atoms with van der Waals surface area (Å²) < 4.78 is 5.41. The molecule has 2 aliphatic carbocycles. The molecule has 2 aliphatic rings. The fraction of sp³-hybridized carbons (Fsp3) is 0.667. The molecule has 1 aromatic rings. The maximum atomic E-state index is 12.7. The topological polar surface area (TPSA) is 61.8 Å². The zero-order chi connectivity index (χ0) is 18.4. The number of carbonyl (C=O) groups is 1. The molecular formula is C21H32N2O3. The van der Waals surface area contributed by atoms with Crippen LogP contribution in [0.4, 0.5) is 4.79 Å². The van der Waals surface area contributed by atoms with Crippen molar-refractivity contribution >= 4 is 6.03 Å². The van der Waals surface area contributed by atoms with Gasteiger partial charge in [0, 0.05) is 25.3 Å². The van der Waals surface area contributed by atoms with Gasteiger partial charge in [0.1, 0.15) is 5.75 Å². The Labute approximate surface area is 156 Å². The number of ether oxygens (including phenoxy) is 1. The zero-order valence-corrected chi connectivity index (χ0v) is 15.9. The van der Waals surface area contributed by atoms with Crippen LogP contribution in [-0.2, 0) is 6.54 Å². The molecule has 0 aliphatic heterocycles. The van der Waals surface area contributed by atoms with Gasteiger partial charge in [-0.1, -0.05) is 37.5 Å². The molecule has 0 heterocycles. The van der Waals surface area contributed by atoms with Crippen LogP contribution in [0.1, 0.15) is 50.5 Å². The number of nitrogens with one attached hydrogen (secondary N) is 1. The minimum absolute atomic E-state index is 0.0396. The lowest BCUT2D eigenvalue weighted by molar-refractivity contribution is 0.184. The van der Waals surface area contributed by atoms with Gasteiger partial charge in [-0.2, -0.15) is 0 Å². The van der Waals surface area contributed by atoms with Gasteiger partial charge in [-0.3, -0.25) is 0 Å². The number of carbonyl (C=O) groups excluding carboxylic acids is 1. The van der Waals surface area contributed by atoms with Crippen LogP contribution in [0.15, 0.2) is 24.3 Å². The number of rotatable bonds is 8. The van der Waals surface area contributed by atoms with Gasteiger partial charge in [0.15, 0.2) is 0 Å². The maximum Gasteiger partial charge on any atom is 0.317 e. The molecule has 5 nitrogen and oxygen atoms in total. The molecule has 0 bridgehead atoms. The van der Waals surface area contributed by atoms with Crippen molar-refractivity contribution in [3.63, 3.8) is 0 Å². The van der Waals surface area contributed by atoms with Crippen molar-refractivity contribution in [2.75, 3.05) is 26.8 Å². The van der Waals surface area contributed by atoms with Crippen molar-refractivity contribution in [1.29, 1.82) is 0 Å². The average molecular weight is 360 g/mol. The highest BCUT2D eigenvalue weighted by atomic mass is 16.5. The van der Waals surface area contributed by atoms with Crippen molar-refractivity contribution in [3.8, 4) is 5.75 Å². The van der Waals surface area contributed by atoms with Gasteiger partial charge >= 0.3 is 6.03 Å². The smallest absolute Gasteiger partial charge is 0.317 e. The number of methoxy groups -OCH3 is 1. The summed E-state index contributed by atoms with van der Waals surface area (Å²) in [7, 11) is 1.65. The first-order valence-corrected chi connectivity index (χ1v) is 9.94. The van der Waals surface area contributed by atoms with Gasteiger partial charge in [0.2, 0.25) is 0 Å². The number of nitrogens with zero attached hydrogens (tertiary/aromatic N) is 1. The first kappa shape index (κ1) is 19.0. The highest BCUT2D eigenvalue weighted by molar-refractivity contribution is 5.74. The van der Waals surface area contributed by atoms with Gasteiger partial charge in [0.05, 0.1) is 13.7 Å². The number of aliphatic hydroxyl groups excluding tert-OH is 1. The Kier molecular flexibility index (Phi) is 6.41. The predicted octanol–water partition coefficient (Wildman–Crippen LogP) is 3.56. The molecule has 1 atom stereocenters. The second kappa shape index (κ2) is 8.76. The molecule has 0 saturated heterocycles. The summed E-state index contributed by atoms with van der Waals surface area (Å²) in [6.45, 7) is 1.89. The highest BCUT2D eigenvalue weighted by Gasteiger charge is 2.53. The minimum Gasteiger partial charge on any atom is -0.496 e. The van der Waals surface area contributed by atoms with Crippen molar-refractivity contribution in [3.05, 3.63) is 29.8 Å². The fourth-order valence-electron chi connectivity index (χ4n) is 4.46. The molecule has 2 fully saturated rings. The Bertz CT molecular complexity index is 599. The summed E-state index contributed by atoms with van der Waals surface area (Å²) in [5, 5.41) is 12.3. The van der Waals surface area contributed by atoms with Crippen LogP contribution in [0.5, 0.6) is 5.75 Å². The first-order valence-electron chi connectivity index (χ1n) is 9.94. The Balaban J connectivity index is 1.55. The van der Waals surface area contributed by atoms with E-state index in [-0.39, 0.29) is 12.6 Å². The second-order valence-corrected chi connectivity index (χ2v) is 7.82. The lowest BCUT2D eigenvalue weighted by Crippen LogP contribution is -2.41. The van der Waals surface area contributed by atoms with Crippen molar-refractivity contribution < 1.29 is 14.6 Å². The fourth-order valence-corrected chi connectivity index (χ4v) is 4.46. The summed E-state index contributed by atoms with van der Waals surface area (Å²) in [4.78, 5) is 14.5. The molecule has 0 aromatic heterocycles. The summed E-state index contributed by atoms with van der Waals surface area (Å²) in [5.41, 5.74) is 1.52. The predicted molar refractivity (Wildman–Crippen MR) is 102 cm³/mol. The number of hydrogen-bond donors (Lipinski definition) is 2. The zero-order valence-electron chi connectivity index (χ0n) is 15.9. The van der Waals surface area contributed by atoms with E-state index in [2.05, 4.69) is 5.32 Å². The minimum atomic E-state index is -0.0396. The van der Waals surface area contributed by atoms with Crippen molar-refractivity contribution in [2.24, 2.45) is 11.3 Å². The molecule has 2 N–H and O–H groups in total. The Morgan fingerprint density at radius 2 is 2.08 bits per heavy atom. The van der Waals surface area contributed by atoms with Crippen LogP contribution < -0.4 is 10.1 Å². The Morgan fingerprint density at radius 3 is 2.81 bits per heavy atom. The number of para-hydroxylation sites is 1. The molecule has 2 saturated carbocycles. The Hall–Kier alpha value is -1.75. The van der Waals surface area contributed by atoms with E-state index in [1.165, 1.54) is 38.5 Å². The van der Waals surface area contributed by atoms with E-state index >= 15 is 0 Å². The van der Waals surface area contributed by atoms with Gasteiger partial charge in [-0.05, 0) is 43.1 Å². The largest absolute Gasteiger partial charge is 0.496 e. The second-order valence-electron chi connectivity index (χ2n) is 7.82. The SMILES string of the molecule is COc1ccccc1CN(CCCO)C(=O)NCC1CC12CCCCC2.